The van der Waals surface area contributed by atoms with Crippen LogP contribution in [-0.2, 0) is 6.54 Å². The topological polar surface area (TPSA) is 46.9 Å². The molecule has 20 heavy (non-hydrogen) atoms. The second-order valence-corrected chi connectivity index (χ2v) is 4.62. The number of hydrogen-bond acceptors (Lipinski definition) is 3. The predicted octanol–water partition coefficient (Wildman–Crippen LogP) is 2.49. The normalized spacial score (nSPS) is 10.7. The van der Waals surface area contributed by atoms with Crippen LogP contribution in [0.2, 0.25) is 0 Å². The predicted molar refractivity (Wildman–Crippen MR) is 81.1 cm³/mol. The smallest absolute Gasteiger partial charge is 0.251 e. The van der Waals surface area contributed by atoms with Crippen LogP contribution in [0.4, 0.5) is 5.82 Å². The maximum Gasteiger partial charge on any atom is 0.251 e. The number of hydrogen-bond donors (Lipinski definition) is 1. The lowest BCUT2D eigenvalue weighted by atomic mass is 10.2. The van der Waals surface area contributed by atoms with Gasteiger partial charge in [0.25, 0.3) is 5.56 Å². The summed E-state index contributed by atoms with van der Waals surface area (Å²) in [5, 5.41) is 4.07. The van der Waals surface area contributed by atoms with Crippen molar-refractivity contribution in [3.8, 4) is 0 Å². The molecular weight excluding hydrogens is 250 g/mol. The molecule has 4 heteroatoms. The quantitative estimate of drug-likeness (QED) is 0.791. The molecule has 3 aromatic rings. The van der Waals surface area contributed by atoms with Crippen molar-refractivity contribution >= 4 is 16.7 Å². The van der Waals surface area contributed by atoms with Gasteiger partial charge >= 0.3 is 0 Å². The Morgan fingerprint density at radius 2 is 2.00 bits per heavy atom. The Hall–Kier alpha value is -2.62. The molecule has 100 valence electrons. The van der Waals surface area contributed by atoms with E-state index in [4.69, 9.17) is 0 Å². The highest BCUT2D eigenvalue weighted by Crippen LogP contribution is 2.13. The van der Waals surface area contributed by atoms with Crippen molar-refractivity contribution in [3.63, 3.8) is 0 Å². The Morgan fingerprint density at radius 3 is 2.85 bits per heavy atom. The van der Waals surface area contributed by atoms with Gasteiger partial charge in [0.1, 0.15) is 5.82 Å². The van der Waals surface area contributed by atoms with Gasteiger partial charge in [-0.1, -0.05) is 18.2 Å². The molecule has 2 heterocycles. The molecule has 0 amide bonds. The fourth-order valence-corrected chi connectivity index (χ4v) is 2.30. The van der Waals surface area contributed by atoms with E-state index in [9.17, 15) is 4.79 Å². The lowest BCUT2D eigenvalue weighted by Crippen LogP contribution is -2.19. The zero-order valence-electron chi connectivity index (χ0n) is 11.2. The maximum atomic E-state index is 12.1. The average molecular weight is 265 g/mol. The highest BCUT2D eigenvalue weighted by molar-refractivity contribution is 5.78. The number of nitrogens with one attached hydrogen (secondary N) is 1. The second-order valence-electron chi connectivity index (χ2n) is 4.62. The fourth-order valence-electron chi connectivity index (χ4n) is 2.30. The van der Waals surface area contributed by atoms with Crippen LogP contribution in [0.15, 0.2) is 59.5 Å². The minimum atomic E-state index is 0.00604. The minimum absolute atomic E-state index is 0.00604. The Balaban J connectivity index is 2.10. The van der Waals surface area contributed by atoms with Gasteiger partial charge in [-0.3, -0.25) is 4.79 Å². The van der Waals surface area contributed by atoms with Crippen LogP contribution in [0.3, 0.4) is 0 Å². The standard InChI is InChI=1S/C16H15N3O/c1-17-15-10-12(8-9-18-15)11-19-14-5-3-2-4-13(14)6-7-16(19)20/h2-10H,11H2,1H3,(H,17,18). The number of benzene rings is 1. The number of aromatic nitrogens is 2. The first kappa shape index (κ1) is 12.4. The van der Waals surface area contributed by atoms with Gasteiger partial charge in [0.2, 0.25) is 0 Å². The van der Waals surface area contributed by atoms with Crippen molar-refractivity contribution in [2.45, 2.75) is 6.54 Å². The molecule has 0 fully saturated rings. The van der Waals surface area contributed by atoms with E-state index in [1.807, 2.05) is 49.5 Å². The first-order valence-corrected chi connectivity index (χ1v) is 6.49. The summed E-state index contributed by atoms with van der Waals surface area (Å²) in [6.45, 7) is 0.539. The van der Waals surface area contributed by atoms with E-state index >= 15 is 0 Å². The van der Waals surface area contributed by atoms with Crippen LogP contribution in [0.1, 0.15) is 5.56 Å². The molecule has 0 aliphatic rings. The first-order valence-electron chi connectivity index (χ1n) is 6.49. The second kappa shape index (κ2) is 5.17. The Labute approximate surface area is 116 Å². The van der Waals surface area contributed by atoms with E-state index in [-0.39, 0.29) is 5.56 Å². The molecule has 2 aromatic heterocycles. The number of fused-ring (bicyclic) bond motifs is 1. The van der Waals surface area contributed by atoms with Gasteiger partial charge in [-0.2, -0.15) is 0 Å². The summed E-state index contributed by atoms with van der Waals surface area (Å²) >= 11 is 0. The van der Waals surface area contributed by atoms with E-state index in [1.54, 1.807) is 16.8 Å². The van der Waals surface area contributed by atoms with Crippen molar-refractivity contribution in [1.82, 2.24) is 9.55 Å². The molecule has 0 aliphatic heterocycles. The summed E-state index contributed by atoms with van der Waals surface area (Å²) in [4.78, 5) is 16.3. The van der Waals surface area contributed by atoms with Gasteiger partial charge in [0, 0.05) is 19.3 Å². The zero-order valence-corrected chi connectivity index (χ0v) is 11.2. The lowest BCUT2D eigenvalue weighted by molar-refractivity contribution is 0.793. The molecule has 3 rings (SSSR count). The number of nitrogens with zero attached hydrogens (tertiary/aromatic N) is 2. The zero-order chi connectivity index (χ0) is 13.9. The maximum absolute atomic E-state index is 12.1. The molecule has 0 saturated carbocycles. The van der Waals surface area contributed by atoms with Crippen LogP contribution < -0.4 is 10.9 Å². The number of pyridine rings is 2. The van der Waals surface area contributed by atoms with Gasteiger partial charge in [-0.05, 0) is 35.2 Å². The number of rotatable bonds is 3. The van der Waals surface area contributed by atoms with Gasteiger partial charge in [0.05, 0.1) is 12.1 Å². The summed E-state index contributed by atoms with van der Waals surface area (Å²) in [5.41, 5.74) is 2.00. The molecular formula is C16H15N3O. The summed E-state index contributed by atoms with van der Waals surface area (Å²) in [6.07, 6.45) is 1.75. The average Bonchev–Trinajstić information content (AvgIpc) is 2.50. The van der Waals surface area contributed by atoms with Gasteiger partial charge in [-0.25, -0.2) is 4.98 Å². The van der Waals surface area contributed by atoms with Gasteiger partial charge in [0.15, 0.2) is 0 Å². The molecule has 0 saturated heterocycles. The van der Waals surface area contributed by atoms with E-state index in [2.05, 4.69) is 10.3 Å². The molecule has 0 spiro atoms. The van der Waals surface area contributed by atoms with Crippen LogP contribution >= 0.6 is 0 Å². The van der Waals surface area contributed by atoms with Crippen molar-refractivity contribution in [1.29, 1.82) is 0 Å². The largest absolute Gasteiger partial charge is 0.373 e. The summed E-state index contributed by atoms with van der Waals surface area (Å²) in [5.74, 6) is 0.802. The van der Waals surface area contributed by atoms with Gasteiger partial charge < -0.3 is 9.88 Å². The molecule has 0 unspecified atom stereocenters. The van der Waals surface area contributed by atoms with E-state index in [0.29, 0.717) is 6.54 Å². The first-order chi connectivity index (χ1) is 9.78. The van der Waals surface area contributed by atoms with E-state index in [0.717, 1.165) is 22.3 Å². The Morgan fingerprint density at radius 1 is 1.15 bits per heavy atom. The highest BCUT2D eigenvalue weighted by Gasteiger charge is 2.04. The molecule has 0 bridgehead atoms. The van der Waals surface area contributed by atoms with E-state index < -0.39 is 0 Å². The third-order valence-corrected chi connectivity index (χ3v) is 3.32. The molecule has 0 radical (unpaired) electrons. The Kier molecular flexibility index (Phi) is 3.21. The van der Waals surface area contributed by atoms with Crippen molar-refractivity contribution in [2.24, 2.45) is 0 Å². The van der Waals surface area contributed by atoms with Gasteiger partial charge in [-0.15, -0.1) is 0 Å². The lowest BCUT2D eigenvalue weighted by Gasteiger charge is -2.10. The third-order valence-electron chi connectivity index (χ3n) is 3.32. The molecule has 4 nitrogen and oxygen atoms in total. The highest BCUT2D eigenvalue weighted by atomic mass is 16.1. The van der Waals surface area contributed by atoms with Crippen LogP contribution in [0.5, 0.6) is 0 Å². The molecule has 0 atom stereocenters. The van der Waals surface area contributed by atoms with Crippen molar-refractivity contribution in [3.05, 3.63) is 70.6 Å². The number of anilines is 1. The minimum Gasteiger partial charge on any atom is -0.373 e. The summed E-state index contributed by atoms with van der Waals surface area (Å²) in [7, 11) is 1.83. The van der Waals surface area contributed by atoms with Crippen LogP contribution in [0.25, 0.3) is 10.9 Å². The molecule has 0 aliphatic carbocycles. The molecule has 1 N–H and O–H groups in total. The third kappa shape index (κ3) is 2.28. The fraction of sp³-hybridized carbons (Fsp3) is 0.125. The van der Waals surface area contributed by atoms with Crippen molar-refractivity contribution < 1.29 is 0 Å². The SMILES string of the molecule is CNc1cc(Cn2c(=O)ccc3ccccc32)ccn1. The Bertz CT molecular complexity index is 808. The van der Waals surface area contributed by atoms with E-state index in [1.165, 1.54) is 0 Å². The van der Waals surface area contributed by atoms with Crippen molar-refractivity contribution in [2.75, 3.05) is 12.4 Å². The summed E-state index contributed by atoms with van der Waals surface area (Å²) < 4.78 is 1.78. The van der Waals surface area contributed by atoms with Crippen LogP contribution in [-0.4, -0.2) is 16.6 Å². The van der Waals surface area contributed by atoms with Crippen LogP contribution in [0, 0.1) is 0 Å². The number of para-hydroxylation sites is 1. The molecule has 1 aromatic carbocycles. The monoisotopic (exact) mass is 265 g/mol. The summed E-state index contributed by atoms with van der Waals surface area (Å²) in [6, 6.07) is 15.3.